The Morgan fingerprint density at radius 3 is 2.21 bits per heavy atom. The van der Waals surface area contributed by atoms with Crippen LogP contribution >= 0.6 is 0 Å². The van der Waals surface area contributed by atoms with Crippen LogP contribution in [0.3, 0.4) is 0 Å². The molecule has 3 aromatic rings. The molecule has 0 aliphatic heterocycles. The van der Waals surface area contributed by atoms with Crippen molar-refractivity contribution in [1.29, 1.82) is 0 Å². The Hall–Kier alpha value is -4.33. The summed E-state index contributed by atoms with van der Waals surface area (Å²) in [6.45, 7) is 0.484. The monoisotopic (exact) mass is 447 g/mol. The predicted molar refractivity (Wildman–Crippen MR) is 123 cm³/mol. The molecule has 0 aliphatic carbocycles. The zero-order valence-electron chi connectivity index (χ0n) is 18.2. The largest absolute Gasteiger partial charge is 0.496 e. The third-order valence-corrected chi connectivity index (χ3v) is 4.67. The Balaban J connectivity index is 1.38. The lowest BCUT2D eigenvalue weighted by atomic mass is 10.1. The fraction of sp³-hybridized carbons (Fsp3) is 0.160. The van der Waals surface area contributed by atoms with E-state index < -0.39 is 11.8 Å². The highest BCUT2D eigenvalue weighted by Gasteiger charge is 2.12. The zero-order chi connectivity index (χ0) is 23.5. The van der Waals surface area contributed by atoms with Crippen molar-refractivity contribution in [3.05, 3.63) is 95.6 Å². The SMILES string of the molecule is COc1ccccc1C(=O)NCCC(=O)NNC(=O)c1ccc(COc2ccccc2)cc1. The molecular weight excluding hydrogens is 422 g/mol. The van der Waals surface area contributed by atoms with Crippen molar-refractivity contribution < 1.29 is 23.9 Å². The number of hydrogen-bond acceptors (Lipinski definition) is 5. The molecule has 170 valence electrons. The lowest BCUT2D eigenvalue weighted by Crippen LogP contribution is -2.42. The number of amides is 3. The molecular formula is C25H25N3O5. The van der Waals surface area contributed by atoms with Crippen molar-refractivity contribution in [3.63, 3.8) is 0 Å². The molecule has 0 saturated carbocycles. The molecule has 0 aliphatic rings. The lowest BCUT2D eigenvalue weighted by molar-refractivity contribution is -0.121. The molecule has 0 fully saturated rings. The van der Waals surface area contributed by atoms with E-state index in [0.717, 1.165) is 11.3 Å². The average molecular weight is 447 g/mol. The minimum atomic E-state index is -0.447. The van der Waals surface area contributed by atoms with Crippen LogP contribution in [0.4, 0.5) is 0 Å². The number of hydrazine groups is 1. The van der Waals surface area contributed by atoms with Gasteiger partial charge in [-0.05, 0) is 42.0 Å². The molecule has 0 bridgehead atoms. The smallest absolute Gasteiger partial charge is 0.269 e. The lowest BCUT2D eigenvalue weighted by Gasteiger charge is -2.10. The fourth-order valence-corrected chi connectivity index (χ4v) is 2.91. The highest BCUT2D eigenvalue weighted by molar-refractivity contribution is 5.97. The minimum Gasteiger partial charge on any atom is -0.496 e. The second kappa shape index (κ2) is 11.9. The van der Waals surface area contributed by atoms with E-state index in [0.29, 0.717) is 23.5 Å². The zero-order valence-corrected chi connectivity index (χ0v) is 18.2. The molecule has 0 heterocycles. The van der Waals surface area contributed by atoms with Gasteiger partial charge in [0.15, 0.2) is 0 Å². The van der Waals surface area contributed by atoms with Gasteiger partial charge in [0.1, 0.15) is 18.1 Å². The molecule has 0 spiro atoms. The summed E-state index contributed by atoms with van der Waals surface area (Å²) in [4.78, 5) is 36.4. The van der Waals surface area contributed by atoms with Crippen LogP contribution in [-0.2, 0) is 11.4 Å². The molecule has 0 aromatic heterocycles. The van der Waals surface area contributed by atoms with Crippen LogP contribution in [0.2, 0.25) is 0 Å². The summed E-state index contributed by atoms with van der Waals surface area (Å²) < 4.78 is 10.8. The first kappa shape index (κ1) is 23.3. The van der Waals surface area contributed by atoms with Gasteiger partial charge in [-0.2, -0.15) is 0 Å². The summed E-state index contributed by atoms with van der Waals surface area (Å²) >= 11 is 0. The summed E-state index contributed by atoms with van der Waals surface area (Å²) in [5.41, 5.74) is 6.38. The van der Waals surface area contributed by atoms with Crippen LogP contribution in [0.15, 0.2) is 78.9 Å². The first-order valence-corrected chi connectivity index (χ1v) is 10.3. The van der Waals surface area contributed by atoms with Gasteiger partial charge >= 0.3 is 0 Å². The summed E-state index contributed by atoms with van der Waals surface area (Å²) in [5, 5.41) is 2.65. The predicted octanol–water partition coefficient (Wildman–Crippen LogP) is 2.86. The minimum absolute atomic E-state index is 0.00304. The van der Waals surface area contributed by atoms with E-state index in [1.807, 2.05) is 30.3 Å². The van der Waals surface area contributed by atoms with Gasteiger partial charge in [-0.15, -0.1) is 0 Å². The maximum Gasteiger partial charge on any atom is 0.269 e. The Morgan fingerprint density at radius 2 is 1.48 bits per heavy atom. The Bertz CT molecular complexity index is 1080. The van der Waals surface area contributed by atoms with Gasteiger partial charge in [-0.25, -0.2) is 0 Å². The summed E-state index contributed by atoms with van der Waals surface area (Å²) in [7, 11) is 1.48. The van der Waals surface area contributed by atoms with Gasteiger partial charge in [-0.1, -0.05) is 42.5 Å². The quantitative estimate of drug-likeness (QED) is 0.438. The van der Waals surface area contributed by atoms with Gasteiger partial charge < -0.3 is 14.8 Å². The number of nitrogens with one attached hydrogen (secondary N) is 3. The van der Waals surface area contributed by atoms with Crippen molar-refractivity contribution in [2.45, 2.75) is 13.0 Å². The molecule has 3 rings (SSSR count). The first-order valence-electron chi connectivity index (χ1n) is 10.3. The van der Waals surface area contributed by atoms with Crippen LogP contribution in [-0.4, -0.2) is 31.4 Å². The van der Waals surface area contributed by atoms with E-state index in [1.165, 1.54) is 7.11 Å². The van der Waals surface area contributed by atoms with Crippen molar-refractivity contribution in [2.75, 3.05) is 13.7 Å². The molecule has 0 saturated heterocycles. The van der Waals surface area contributed by atoms with E-state index >= 15 is 0 Å². The van der Waals surface area contributed by atoms with E-state index in [9.17, 15) is 14.4 Å². The van der Waals surface area contributed by atoms with Crippen LogP contribution in [0.5, 0.6) is 11.5 Å². The Kier molecular flexibility index (Phi) is 8.41. The summed E-state index contributed by atoms with van der Waals surface area (Å²) in [5.74, 6) is -0.0143. The van der Waals surface area contributed by atoms with Gasteiger partial charge in [0.05, 0.1) is 12.7 Å². The van der Waals surface area contributed by atoms with E-state index in [2.05, 4.69) is 16.2 Å². The van der Waals surface area contributed by atoms with Crippen LogP contribution in [0.1, 0.15) is 32.7 Å². The molecule has 8 heteroatoms. The summed E-state index contributed by atoms with van der Waals surface area (Å²) in [6, 6.07) is 23.1. The van der Waals surface area contributed by atoms with Crippen LogP contribution in [0, 0.1) is 0 Å². The van der Waals surface area contributed by atoms with E-state index in [1.54, 1.807) is 48.5 Å². The number of methoxy groups -OCH3 is 1. The maximum absolute atomic E-state index is 12.2. The third-order valence-electron chi connectivity index (χ3n) is 4.67. The number of hydrogen-bond donors (Lipinski definition) is 3. The molecule has 0 radical (unpaired) electrons. The van der Waals surface area contributed by atoms with Gasteiger partial charge in [0.25, 0.3) is 11.8 Å². The Morgan fingerprint density at radius 1 is 0.788 bits per heavy atom. The Labute approximate surface area is 191 Å². The molecule has 33 heavy (non-hydrogen) atoms. The first-order chi connectivity index (χ1) is 16.1. The maximum atomic E-state index is 12.2. The molecule has 0 atom stereocenters. The van der Waals surface area contributed by atoms with Gasteiger partial charge in [0.2, 0.25) is 5.91 Å². The number of benzene rings is 3. The molecule has 3 aromatic carbocycles. The molecule has 0 unspecified atom stereocenters. The molecule has 3 N–H and O–H groups in total. The third kappa shape index (κ3) is 7.10. The highest BCUT2D eigenvalue weighted by Crippen LogP contribution is 2.16. The second-order valence-electron chi connectivity index (χ2n) is 7.01. The van der Waals surface area contributed by atoms with Crippen molar-refractivity contribution in [1.82, 2.24) is 16.2 Å². The topological polar surface area (TPSA) is 106 Å². The van der Waals surface area contributed by atoms with Crippen molar-refractivity contribution in [3.8, 4) is 11.5 Å². The summed E-state index contributed by atoms with van der Waals surface area (Å²) in [6.07, 6.45) is -0.00304. The molecule has 8 nitrogen and oxygen atoms in total. The average Bonchev–Trinajstić information content (AvgIpc) is 2.86. The van der Waals surface area contributed by atoms with Gasteiger partial charge in [0, 0.05) is 18.5 Å². The van der Waals surface area contributed by atoms with Crippen molar-refractivity contribution >= 4 is 17.7 Å². The standard InChI is InChI=1S/C25H25N3O5/c1-32-22-10-6-5-9-21(22)25(31)26-16-15-23(29)27-28-24(30)19-13-11-18(12-14-19)17-33-20-7-3-2-4-8-20/h2-14H,15-17H2,1H3,(H,26,31)(H,27,29)(H,28,30). The van der Waals surface area contributed by atoms with Crippen LogP contribution < -0.4 is 25.6 Å². The second-order valence-corrected chi connectivity index (χ2v) is 7.01. The normalized spacial score (nSPS) is 10.1. The number of carbonyl (C=O) groups is 3. The van der Waals surface area contributed by atoms with Crippen molar-refractivity contribution in [2.24, 2.45) is 0 Å². The number of para-hydroxylation sites is 2. The van der Waals surface area contributed by atoms with E-state index in [-0.39, 0.29) is 18.9 Å². The number of rotatable bonds is 9. The van der Waals surface area contributed by atoms with E-state index in [4.69, 9.17) is 9.47 Å². The highest BCUT2D eigenvalue weighted by atomic mass is 16.5. The fourth-order valence-electron chi connectivity index (χ4n) is 2.91. The van der Waals surface area contributed by atoms with Gasteiger partial charge in [-0.3, -0.25) is 25.2 Å². The molecule has 3 amide bonds. The number of carbonyl (C=O) groups excluding carboxylic acids is 3. The number of ether oxygens (including phenoxy) is 2. The van der Waals surface area contributed by atoms with Crippen LogP contribution in [0.25, 0.3) is 0 Å².